The standard InChI is InChI=1S/C70H42/c1-5-19-43(20-6-1)50-27-13-15-29-52(50)47-35-37-54-49(39-47)41-62-67-56(54)31-17-34-59(67)69-64(45-23-9-3-10-24-45)63-42-61-55-38-36-48(53-30-16-14-28-51(53)44-21-7-2-8-22-44)40-60(55)57-32-18-33-58(66(57)61)68(63)65(70(62)69)46-25-11-4-12-26-46/h1-42H. The molecule has 0 saturated carbocycles. The predicted molar refractivity (Wildman–Crippen MR) is 301 cm³/mol. The largest absolute Gasteiger partial charge is 0.0622 e. The molecule has 70 heavy (non-hydrogen) atoms. The number of fused-ring (bicyclic) bond motifs is 10. The molecule has 0 aliphatic carbocycles. The lowest BCUT2D eigenvalue weighted by atomic mass is 9.83. The van der Waals surface area contributed by atoms with E-state index in [2.05, 4.69) is 255 Å². The van der Waals surface area contributed by atoms with Crippen LogP contribution in [0, 0.1) is 0 Å². The van der Waals surface area contributed by atoms with Crippen molar-refractivity contribution in [1.29, 1.82) is 0 Å². The first-order valence-electron chi connectivity index (χ1n) is 24.4. The van der Waals surface area contributed by atoms with Crippen LogP contribution in [0.5, 0.6) is 0 Å². The van der Waals surface area contributed by atoms with E-state index in [9.17, 15) is 0 Å². The van der Waals surface area contributed by atoms with E-state index in [-0.39, 0.29) is 0 Å². The minimum Gasteiger partial charge on any atom is -0.0622 e. The van der Waals surface area contributed by atoms with Crippen LogP contribution in [0.3, 0.4) is 0 Å². The molecule has 15 aromatic rings. The van der Waals surface area contributed by atoms with E-state index in [0.29, 0.717) is 0 Å². The molecule has 0 aliphatic heterocycles. The summed E-state index contributed by atoms with van der Waals surface area (Å²) < 4.78 is 0. The lowest BCUT2D eigenvalue weighted by molar-refractivity contribution is 1.60. The van der Waals surface area contributed by atoms with E-state index in [1.165, 1.54) is 153 Å². The molecular formula is C70H42. The topological polar surface area (TPSA) is 0 Å². The summed E-state index contributed by atoms with van der Waals surface area (Å²) in [6.07, 6.45) is 0. The Hall–Kier alpha value is -9.10. The van der Waals surface area contributed by atoms with Crippen LogP contribution in [-0.2, 0) is 0 Å². The molecule has 0 nitrogen and oxygen atoms in total. The first-order valence-corrected chi connectivity index (χ1v) is 24.4. The highest BCUT2D eigenvalue weighted by Gasteiger charge is 2.27. The molecule has 15 rings (SSSR count). The summed E-state index contributed by atoms with van der Waals surface area (Å²) in [7, 11) is 0. The highest BCUT2D eigenvalue weighted by Crippen LogP contribution is 2.55. The van der Waals surface area contributed by atoms with Gasteiger partial charge in [0.05, 0.1) is 0 Å². The number of hydrogen-bond donors (Lipinski definition) is 0. The quantitative estimate of drug-likeness (QED) is 0.146. The van der Waals surface area contributed by atoms with Crippen molar-refractivity contribution in [2.24, 2.45) is 0 Å². The Kier molecular flexibility index (Phi) is 8.46. The average molecular weight is 883 g/mol. The van der Waals surface area contributed by atoms with Gasteiger partial charge >= 0.3 is 0 Å². The maximum absolute atomic E-state index is 2.55. The highest BCUT2D eigenvalue weighted by atomic mass is 14.3. The molecule has 0 heterocycles. The van der Waals surface area contributed by atoms with Crippen LogP contribution in [0.1, 0.15) is 0 Å². The Morgan fingerprint density at radius 3 is 1.17 bits per heavy atom. The van der Waals surface area contributed by atoms with Crippen LogP contribution in [-0.4, -0.2) is 0 Å². The van der Waals surface area contributed by atoms with Gasteiger partial charge in [-0.05, 0) is 177 Å². The van der Waals surface area contributed by atoms with Crippen LogP contribution in [0.15, 0.2) is 255 Å². The predicted octanol–water partition coefficient (Wildman–Crippen LogP) is 19.8. The molecule has 0 fully saturated rings. The van der Waals surface area contributed by atoms with E-state index in [0.717, 1.165) is 0 Å². The van der Waals surface area contributed by atoms with E-state index in [1.807, 2.05) is 0 Å². The van der Waals surface area contributed by atoms with Crippen LogP contribution < -0.4 is 0 Å². The molecule has 15 aromatic carbocycles. The summed E-state index contributed by atoms with van der Waals surface area (Å²) in [5.41, 5.74) is 14.9. The minimum atomic E-state index is 1.22. The smallest absolute Gasteiger partial charge is 0.000697 e. The molecule has 0 heteroatoms. The van der Waals surface area contributed by atoms with Gasteiger partial charge in [-0.2, -0.15) is 0 Å². The zero-order chi connectivity index (χ0) is 45.9. The van der Waals surface area contributed by atoms with Gasteiger partial charge in [-0.3, -0.25) is 0 Å². The summed E-state index contributed by atoms with van der Waals surface area (Å²) in [5.74, 6) is 0. The third-order valence-corrected chi connectivity index (χ3v) is 15.3. The molecule has 0 amide bonds. The van der Waals surface area contributed by atoms with Crippen LogP contribution in [0.25, 0.3) is 153 Å². The highest BCUT2D eigenvalue weighted by molar-refractivity contribution is 6.46. The summed E-state index contributed by atoms with van der Waals surface area (Å²) in [6, 6.07) is 95.0. The lowest BCUT2D eigenvalue weighted by Crippen LogP contribution is -1.91. The van der Waals surface area contributed by atoms with Crippen LogP contribution >= 0.6 is 0 Å². The second-order valence-corrected chi connectivity index (χ2v) is 19.0. The second-order valence-electron chi connectivity index (χ2n) is 19.0. The third-order valence-electron chi connectivity index (χ3n) is 15.3. The molecule has 0 atom stereocenters. The molecule has 0 spiro atoms. The molecule has 0 aliphatic rings. The van der Waals surface area contributed by atoms with Gasteiger partial charge in [-0.1, -0.05) is 231 Å². The van der Waals surface area contributed by atoms with Gasteiger partial charge in [0.25, 0.3) is 0 Å². The SMILES string of the molecule is c1ccc(-c2ccccc2-c2ccc3c(c2)cc2c4c(-c5ccccc5)c5c(cc6c7ccc(-c8ccccc8-c8ccccc8)cc7c7cccc5c76)c(-c5ccccc5)c4c4cccc3c42)cc1. The van der Waals surface area contributed by atoms with E-state index < -0.39 is 0 Å². The number of rotatable bonds is 6. The van der Waals surface area contributed by atoms with Crippen molar-refractivity contribution < 1.29 is 0 Å². The molecule has 0 aromatic heterocycles. The van der Waals surface area contributed by atoms with Crippen LogP contribution in [0.2, 0.25) is 0 Å². The van der Waals surface area contributed by atoms with Gasteiger partial charge in [-0.25, -0.2) is 0 Å². The van der Waals surface area contributed by atoms with E-state index >= 15 is 0 Å². The first-order chi connectivity index (χ1) is 34.8. The fourth-order valence-electron chi connectivity index (χ4n) is 12.4. The number of hydrogen-bond acceptors (Lipinski definition) is 0. The summed E-state index contributed by atoms with van der Waals surface area (Å²) >= 11 is 0. The third kappa shape index (κ3) is 5.65. The maximum atomic E-state index is 2.55. The van der Waals surface area contributed by atoms with Gasteiger partial charge in [-0.15, -0.1) is 0 Å². The number of benzene rings is 13. The first kappa shape index (κ1) is 38.9. The average Bonchev–Trinajstić information content (AvgIpc) is 3.93. The van der Waals surface area contributed by atoms with E-state index in [1.54, 1.807) is 0 Å². The molecular weight excluding hydrogens is 841 g/mol. The fourth-order valence-corrected chi connectivity index (χ4v) is 12.4. The van der Waals surface area contributed by atoms with Crippen molar-refractivity contribution >= 4 is 86.2 Å². The van der Waals surface area contributed by atoms with Crippen molar-refractivity contribution in [2.75, 3.05) is 0 Å². The lowest BCUT2D eigenvalue weighted by Gasteiger charge is -2.19. The maximum Gasteiger partial charge on any atom is -0.000697 e. The van der Waals surface area contributed by atoms with Gasteiger partial charge in [0.15, 0.2) is 0 Å². The van der Waals surface area contributed by atoms with Gasteiger partial charge in [0.1, 0.15) is 0 Å². The Labute approximate surface area is 405 Å². The van der Waals surface area contributed by atoms with E-state index in [4.69, 9.17) is 0 Å². The molecule has 0 saturated heterocycles. The monoisotopic (exact) mass is 882 g/mol. The van der Waals surface area contributed by atoms with Crippen LogP contribution in [0.4, 0.5) is 0 Å². The summed E-state index contributed by atoms with van der Waals surface area (Å²) in [5, 5.41) is 20.8. The van der Waals surface area contributed by atoms with Crippen molar-refractivity contribution in [1.82, 2.24) is 0 Å². The Morgan fingerprint density at radius 2 is 0.586 bits per heavy atom. The second kappa shape index (κ2) is 15.2. The molecule has 322 valence electrons. The molecule has 0 unspecified atom stereocenters. The normalized spacial score (nSPS) is 12.0. The summed E-state index contributed by atoms with van der Waals surface area (Å²) in [4.78, 5) is 0. The minimum absolute atomic E-state index is 1.22. The zero-order valence-electron chi connectivity index (χ0n) is 38.2. The fraction of sp³-hybridized carbons (Fsp3) is 0. The van der Waals surface area contributed by atoms with Gasteiger partial charge in [0, 0.05) is 0 Å². The van der Waals surface area contributed by atoms with Crippen molar-refractivity contribution in [3.63, 3.8) is 0 Å². The molecule has 0 radical (unpaired) electrons. The zero-order valence-corrected chi connectivity index (χ0v) is 38.2. The Balaban J connectivity index is 1.09. The van der Waals surface area contributed by atoms with Gasteiger partial charge < -0.3 is 0 Å². The van der Waals surface area contributed by atoms with Crippen molar-refractivity contribution in [3.8, 4) is 66.8 Å². The van der Waals surface area contributed by atoms with Crippen molar-refractivity contribution in [2.45, 2.75) is 0 Å². The summed E-state index contributed by atoms with van der Waals surface area (Å²) in [6.45, 7) is 0. The van der Waals surface area contributed by atoms with Gasteiger partial charge in [0.2, 0.25) is 0 Å². The molecule has 0 bridgehead atoms. The molecule has 0 N–H and O–H groups in total. The Bertz CT molecular complexity index is 4530. The Morgan fingerprint density at radius 1 is 0.157 bits per heavy atom. The van der Waals surface area contributed by atoms with Crippen molar-refractivity contribution in [3.05, 3.63) is 255 Å².